The molecular formula is C39H36F2N4O4S. The highest BCUT2D eigenvalue weighted by molar-refractivity contribution is 7.22. The highest BCUT2D eigenvalue weighted by atomic mass is 32.1. The molecule has 6 aromatic rings. The number of aromatic nitrogens is 2. The number of anilines is 1. The molecule has 256 valence electrons. The molecule has 0 unspecified atom stereocenters. The number of benzene rings is 4. The molecule has 4 aromatic carbocycles. The Morgan fingerprint density at radius 2 is 1.56 bits per heavy atom. The van der Waals surface area contributed by atoms with Gasteiger partial charge in [-0.05, 0) is 60.1 Å². The highest BCUT2D eigenvalue weighted by Gasteiger charge is 2.26. The molecule has 0 saturated heterocycles. The number of methoxy groups -OCH3 is 1. The first kappa shape index (κ1) is 34.5. The molecule has 8 nitrogen and oxygen atoms in total. The number of thiophene rings is 1. The van der Waals surface area contributed by atoms with Gasteiger partial charge < -0.3 is 10.1 Å². The Morgan fingerprint density at radius 3 is 2.22 bits per heavy atom. The first-order valence-corrected chi connectivity index (χ1v) is 16.9. The third kappa shape index (κ3) is 7.01. The molecule has 2 aromatic heterocycles. The number of nitrogens with zero attached hydrogens (tertiary/aromatic N) is 3. The van der Waals surface area contributed by atoms with Gasteiger partial charge in [0.15, 0.2) is 0 Å². The van der Waals surface area contributed by atoms with E-state index >= 15 is 8.78 Å². The van der Waals surface area contributed by atoms with Gasteiger partial charge in [0.1, 0.15) is 22.2 Å². The summed E-state index contributed by atoms with van der Waals surface area (Å²) in [6.45, 7) is 4.06. The van der Waals surface area contributed by atoms with Crippen LogP contribution in [0.1, 0.15) is 30.5 Å². The summed E-state index contributed by atoms with van der Waals surface area (Å²) < 4.78 is 37.9. The van der Waals surface area contributed by atoms with Crippen molar-refractivity contribution in [1.82, 2.24) is 14.0 Å². The summed E-state index contributed by atoms with van der Waals surface area (Å²) in [7, 11) is 3.42. The Balaban J connectivity index is 1.61. The Bertz CT molecular complexity index is 2280. The Kier molecular flexibility index (Phi) is 10.1. The summed E-state index contributed by atoms with van der Waals surface area (Å²) in [5, 5.41) is 3.16. The quantitative estimate of drug-likeness (QED) is 0.152. The number of amides is 1. The molecule has 11 heteroatoms. The lowest BCUT2D eigenvalue weighted by molar-refractivity contribution is -0.118. The summed E-state index contributed by atoms with van der Waals surface area (Å²) in [6.07, 6.45) is 0. The second-order valence-corrected chi connectivity index (χ2v) is 13.4. The van der Waals surface area contributed by atoms with Crippen LogP contribution in [0.4, 0.5) is 14.5 Å². The number of hydrogen-bond acceptors (Lipinski definition) is 6. The number of ether oxygens (including phenoxy) is 1. The van der Waals surface area contributed by atoms with Gasteiger partial charge in [0.05, 0.1) is 24.7 Å². The Labute approximate surface area is 291 Å². The number of carbonyl (C=O) groups excluding carboxylic acids is 1. The maximum Gasteiger partial charge on any atom is 0.337 e. The van der Waals surface area contributed by atoms with Gasteiger partial charge in [-0.25, -0.2) is 18.1 Å². The van der Waals surface area contributed by atoms with Crippen molar-refractivity contribution in [2.75, 3.05) is 19.5 Å². The lowest BCUT2D eigenvalue weighted by atomic mass is 10.1. The number of nitrogens with one attached hydrogen (secondary N) is 1. The van der Waals surface area contributed by atoms with Gasteiger partial charge in [0.25, 0.3) is 5.56 Å². The van der Waals surface area contributed by atoms with Gasteiger partial charge in [-0.2, -0.15) is 0 Å². The van der Waals surface area contributed by atoms with E-state index in [0.717, 1.165) is 27.8 Å². The van der Waals surface area contributed by atoms with Crippen molar-refractivity contribution >= 4 is 33.1 Å². The highest BCUT2D eigenvalue weighted by Crippen LogP contribution is 2.39. The molecule has 1 N–H and O–H groups in total. The molecule has 0 saturated carbocycles. The van der Waals surface area contributed by atoms with E-state index in [0.29, 0.717) is 35.0 Å². The average molecular weight is 695 g/mol. The minimum absolute atomic E-state index is 0.120. The van der Waals surface area contributed by atoms with E-state index in [1.165, 1.54) is 29.1 Å². The fourth-order valence-electron chi connectivity index (χ4n) is 5.82. The van der Waals surface area contributed by atoms with Crippen molar-refractivity contribution in [3.05, 3.63) is 146 Å². The third-order valence-electron chi connectivity index (χ3n) is 8.42. The number of carbonyl (C=O) groups is 1. The zero-order valence-electron chi connectivity index (χ0n) is 28.1. The molecule has 0 aliphatic carbocycles. The van der Waals surface area contributed by atoms with Gasteiger partial charge in [-0.1, -0.05) is 68.4 Å². The lowest BCUT2D eigenvalue weighted by Gasteiger charge is -2.18. The molecule has 0 radical (unpaired) electrons. The maximum atomic E-state index is 15.1. The predicted octanol–water partition coefficient (Wildman–Crippen LogP) is 7.44. The number of hydrogen-bond donors (Lipinski definition) is 1. The van der Waals surface area contributed by atoms with Gasteiger partial charge in [0.2, 0.25) is 5.91 Å². The average Bonchev–Trinajstić information content (AvgIpc) is 3.47. The van der Waals surface area contributed by atoms with Crippen LogP contribution in [0.25, 0.3) is 26.3 Å². The smallest absolute Gasteiger partial charge is 0.337 e. The van der Waals surface area contributed by atoms with Crippen LogP contribution < -0.4 is 21.3 Å². The molecule has 0 spiro atoms. The predicted molar refractivity (Wildman–Crippen MR) is 194 cm³/mol. The summed E-state index contributed by atoms with van der Waals surface area (Å²) in [5.41, 5.74) is 1.75. The topological polar surface area (TPSA) is 85.6 Å². The molecule has 1 amide bonds. The van der Waals surface area contributed by atoms with E-state index in [-0.39, 0.29) is 33.3 Å². The van der Waals surface area contributed by atoms with Crippen molar-refractivity contribution in [2.24, 2.45) is 5.92 Å². The SMILES string of the molecule is COc1cccc(-n2c(=O)c3c(CN(C)Cc4ccccc4)c(-c4ccc(NC(=O)C(C)C)cc4)sc3n(Cc3c(F)cccc3F)c2=O)c1. The van der Waals surface area contributed by atoms with E-state index in [4.69, 9.17) is 4.74 Å². The molecule has 50 heavy (non-hydrogen) atoms. The Morgan fingerprint density at radius 1 is 0.880 bits per heavy atom. The summed E-state index contributed by atoms with van der Waals surface area (Å²) in [6, 6.07) is 27.3. The van der Waals surface area contributed by atoms with E-state index in [1.807, 2.05) is 63.4 Å². The monoisotopic (exact) mass is 694 g/mol. The van der Waals surface area contributed by atoms with Crippen LogP contribution in [0.2, 0.25) is 0 Å². The maximum absolute atomic E-state index is 15.1. The van der Waals surface area contributed by atoms with Gasteiger partial charge in [0, 0.05) is 41.2 Å². The standard InChI is InChI=1S/C39H36F2N4O4S/c1-24(2)36(46)42-27-18-16-26(17-19-27)35-31(22-43(3)21-25-10-6-5-7-11-25)34-37(47)45(28-12-8-13-29(20-28)49-4)39(48)44(38(34)50-35)23-30-32(40)14-9-15-33(30)41/h5-20,24H,21-23H2,1-4H3,(H,42,46). The summed E-state index contributed by atoms with van der Waals surface area (Å²) >= 11 is 1.21. The minimum atomic E-state index is -0.803. The van der Waals surface area contributed by atoms with Crippen molar-refractivity contribution in [3.8, 4) is 21.9 Å². The van der Waals surface area contributed by atoms with E-state index in [2.05, 4.69) is 10.2 Å². The molecule has 0 bridgehead atoms. The first-order valence-electron chi connectivity index (χ1n) is 16.1. The molecular weight excluding hydrogens is 659 g/mol. The number of halogens is 2. The second kappa shape index (κ2) is 14.6. The van der Waals surface area contributed by atoms with Crippen molar-refractivity contribution in [1.29, 1.82) is 0 Å². The normalized spacial score (nSPS) is 11.4. The van der Waals surface area contributed by atoms with Crippen molar-refractivity contribution in [2.45, 2.75) is 33.5 Å². The number of fused-ring (bicyclic) bond motifs is 1. The molecule has 6 rings (SSSR count). The van der Waals surface area contributed by atoms with Gasteiger partial charge in [-0.3, -0.25) is 19.1 Å². The second-order valence-electron chi connectivity index (χ2n) is 12.4. The van der Waals surface area contributed by atoms with Crippen LogP contribution in [0.15, 0.2) is 107 Å². The summed E-state index contributed by atoms with van der Waals surface area (Å²) in [4.78, 5) is 44.4. The molecule has 0 fully saturated rings. The van der Waals surface area contributed by atoms with E-state index < -0.39 is 29.4 Å². The van der Waals surface area contributed by atoms with E-state index in [9.17, 15) is 14.4 Å². The van der Waals surface area contributed by atoms with Gasteiger partial charge >= 0.3 is 5.69 Å². The largest absolute Gasteiger partial charge is 0.497 e. The lowest BCUT2D eigenvalue weighted by Crippen LogP contribution is -2.39. The number of rotatable bonds is 11. The third-order valence-corrected chi connectivity index (χ3v) is 9.73. The van der Waals surface area contributed by atoms with E-state index in [1.54, 1.807) is 36.4 Å². The van der Waals surface area contributed by atoms with Crippen LogP contribution in [-0.4, -0.2) is 34.1 Å². The fourth-order valence-corrected chi connectivity index (χ4v) is 7.13. The Hall–Kier alpha value is -5.39. The molecule has 0 aliphatic rings. The van der Waals surface area contributed by atoms with Crippen LogP contribution in [0.3, 0.4) is 0 Å². The molecule has 0 aliphatic heterocycles. The minimum Gasteiger partial charge on any atom is -0.497 e. The van der Waals surface area contributed by atoms with Crippen molar-refractivity contribution in [3.63, 3.8) is 0 Å². The molecule has 0 atom stereocenters. The fraction of sp³-hybridized carbons (Fsp3) is 0.205. The zero-order chi connectivity index (χ0) is 35.5. The van der Waals surface area contributed by atoms with Crippen LogP contribution >= 0.6 is 11.3 Å². The van der Waals surface area contributed by atoms with Crippen LogP contribution in [0, 0.1) is 17.6 Å². The molecule has 2 heterocycles. The summed E-state index contributed by atoms with van der Waals surface area (Å²) in [5.74, 6) is -1.50. The zero-order valence-corrected chi connectivity index (χ0v) is 28.9. The van der Waals surface area contributed by atoms with Gasteiger partial charge in [-0.15, -0.1) is 11.3 Å². The van der Waals surface area contributed by atoms with Crippen molar-refractivity contribution < 1.29 is 18.3 Å². The van der Waals surface area contributed by atoms with Crippen LogP contribution in [-0.2, 0) is 24.4 Å². The first-order chi connectivity index (χ1) is 24.0. The van der Waals surface area contributed by atoms with Crippen LogP contribution in [0.5, 0.6) is 5.75 Å².